The summed E-state index contributed by atoms with van der Waals surface area (Å²) in [6.07, 6.45) is 8.18. The molecule has 17 heavy (non-hydrogen) atoms. The van der Waals surface area contributed by atoms with E-state index in [0.29, 0.717) is 17.1 Å². The Morgan fingerprint density at radius 1 is 1.47 bits per heavy atom. The fraction of sp³-hybridized carbons (Fsp3) is 0.538. The topological polar surface area (TPSA) is 74.7 Å². The molecule has 0 atom stereocenters. The van der Waals surface area contributed by atoms with E-state index >= 15 is 0 Å². The van der Waals surface area contributed by atoms with Gasteiger partial charge in [-0.2, -0.15) is 5.26 Å². The average molecular weight is 230 g/mol. The molecule has 3 N–H and O–H groups in total. The second-order valence-corrected chi connectivity index (χ2v) is 4.64. The number of nitriles is 1. The molecule has 1 aromatic rings. The van der Waals surface area contributed by atoms with Gasteiger partial charge in [-0.3, -0.25) is 0 Å². The van der Waals surface area contributed by atoms with Crippen molar-refractivity contribution < 1.29 is 0 Å². The first kappa shape index (κ1) is 11.7. The lowest BCUT2D eigenvalue weighted by molar-refractivity contribution is 0.518. The Bertz CT molecular complexity index is 416. The van der Waals surface area contributed by atoms with Crippen LogP contribution in [-0.4, -0.2) is 11.5 Å². The van der Waals surface area contributed by atoms with E-state index in [1.165, 1.54) is 25.7 Å². The minimum absolute atomic E-state index is 0.524. The molecule has 1 heterocycles. The fourth-order valence-corrected chi connectivity index (χ4v) is 2.40. The van der Waals surface area contributed by atoms with Gasteiger partial charge in [-0.05, 0) is 18.4 Å². The summed E-state index contributed by atoms with van der Waals surface area (Å²) in [4.78, 5) is 4.15. The number of pyridine rings is 1. The van der Waals surface area contributed by atoms with Gasteiger partial charge in [-0.1, -0.05) is 25.7 Å². The quantitative estimate of drug-likeness (QED) is 0.833. The first-order valence-corrected chi connectivity index (χ1v) is 6.19. The van der Waals surface area contributed by atoms with Crippen LogP contribution in [0.1, 0.15) is 37.7 Å². The molecule has 90 valence electrons. The van der Waals surface area contributed by atoms with Crippen LogP contribution in [0.2, 0.25) is 0 Å². The first-order valence-electron chi connectivity index (χ1n) is 6.19. The van der Waals surface area contributed by atoms with Crippen molar-refractivity contribution in [2.24, 2.45) is 5.92 Å². The summed E-state index contributed by atoms with van der Waals surface area (Å²) in [5.74, 6) is 1.50. The lowest BCUT2D eigenvalue weighted by Gasteiger charge is -2.11. The van der Waals surface area contributed by atoms with Crippen LogP contribution in [0.4, 0.5) is 11.5 Å². The molecular weight excluding hydrogens is 212 g/mol. The summed E-state index contributed by atoms with van der Waals surface area (Å²) in [6.45, 7) is 0.885. The van der Waals surface area contributed by atoms with Crippen LogP contribution < -0.4 is 11.1 Å². The summed E-state index contributed by atoms with van der Waals surface area (Å²) in [7, 11) is 0. The van der Waals surface area contributed by atoms with Crippen LogP contribution in [0.3, 0.4) is 0 Å². The second kappa shape index (κ2) is 5.53. The summed E-state index contributed by atoms with van der Waals surface area (Å²) in [5.41, 5.74) is 6.64. The smallest absolute Gasteiger partial charge is 0.144 e. The van der Waals surface area contributed by atoms with E-state index in [4.69, 9.17) is 11.0 Å². The predicted octanol–water partition coefficient (Wildman–Crippen LogP) is 2.53. The van der Waals surface area contributed by atoms with E-state index in [0.717, 1.165) is 18.9 Å². The van der Waals surface area contributed by atoms with Crippen LogP contribution >= 0.6 is 0 Å². The lowest BCUT2D eigenvalue weighted by atomic mass is 10.0. The van der Waals surface area contributed by atoms with Crippen molar-refractivity contribution in [1.29, 1.82) is 5.26 Å². The van der Waals surface area contributed by atoms with Gasteiger partial charge < -0.3 is 11.1 Å². The van der Waals surface area contributed by atoms with Crippen LogP contribution in [-0.2, 0) is 0 Å². The van der Waals surface area contributed by atoms with Crippen molar-refractivity contribution >= 4 is 11.5 Å². The largest absolute Gasteiger partial charge is 0.397 e. The summed E-state index contributed by atoms with van der Waals surface area (Å²) in [6, 6.07) is 3.77. The van der Waals surface area contributed by atoms with Gasteiger partial charge >= 0.3 is 0 Å². The Balaban J connectivity index is 1.88. The molecule has 0 bridgehead atoms. The van der Waals surface area contributed by atoms with Crippen molar-refractivity contribution in [3.63, 3.8) is 0 Å². The number of nitrogens with two attached hydrogens (primary N) is 1. The first-order chi connectivity index (χ1) is 8.29. The molecule has 0 saturated heterocycles. The molecular formula is C13H18N4. The van der Waals surface area contributed by atoms with E-state index in [1.54, 1.807) is 12.3 Å². The molecule has 0 aromatic carbocycles. The van der Waals surface area contributed by atoms with Gasteiger partial charge in [0.1, 0.15) is 11.9 Å². The molecule has 4 heteroatoms. The number of aromatic nitrogens is 1. The Morgan fingerprint density at radius 2 is 2.24 bits per heavy atom. The molecule has 0 unspecified atom stereocenters. The Labute approximate surface area is 102 Å². The third-order valence-electron chi connectivity index (χ3n) is 3.35. The minimum Gasteiger partial charge on any atom is -0.397 e. The molecule has 4 nitrogen and oxygen atoms in total. The zero-order chi connectivity index (χ0) is 12.1. The van der Waals surface area contributed by atoms with Crippen molar-refractivity contribution in [3.05, 3.63) is 17.8 Å². The summed E-state index contributed by atoms with van der Waals surface area (Å²) in [5, 5.41) is 12.2. The van der Waals surface area contributed by atoms with Crippen LogP contribution in [0, 0.1) is 17.2 Å². The SMILES string of the molecule is N#Cc1cc(N)cnc1NCCC1CCCC1. The van der Waals surface area contributed by atoms with Crippen molar-refractivity contribution in [2.45, 2.75) is 32.1 Å². The Hall–Kier alpha value is -1.76. The van der Waals surface area contributed by atoms with E-state index in [2.05, 4.69) is 16.4 Å². The molecule has 0 amide bonds. The molecule has 0 aliphatic heterocycles. The van der Waals surface area contributed by atoms with Crippen LogP contribution in [0.25, 0.3) is 0 Å². The average Bonchev–Trinajstić information content (AvgIpc) is 2.84. The Kier molecular flexibility index (Phi) is 3.81. The number of hydrogen-bond acceptors (Lipinski definition) is 4. The van der Waals surface area contributed by atoms with E-state index < -0.39 is 0 Å². The predicted molar refractivity (Wildman–Crippen MR) is 68.4 cm³/mol. The number of nitrogens with one attached hydrogen (secondary N) is 1. The molecule has 1 aromatic heterocycles. The fourth-order valence-electron chi connectivity index (χ4n) is 2.40. The highest BCUT2D eigenvalue weighted by Gasteiger charge is 2.14. The third-order valence-corrected chi connectivity index (χ3v) is 3.35. The minimum atomic E-state index is 0.524. The highest BCUT2D eigenvalue weighted by Crippen LogP contribution is 2.27. The van der Waals surface area contributed by atoms with Crippen molar-refractivity contribution in [1.82, 2.24) is 4.98 Å². The number of nitrogen functional groups attached to an aromatic ring is 1. The third kappa shape index (κ3) is 3.10. The highest BCUT2D eigenvalue weighted by atomic mass is 15.0. The molecule has 0 spiro atoms. The maximum Gasteiger partial charge on any atom is 0.144 e. The van der Waals surface area contributed by atoms with Gasteiger partial charge in [0.25, 0.3) is 0 Å². The molecule has 1 aliphatic rings. The molecule has 1 fully saturated rings. The van der Waals surface area contributed by atoms with Gasteiger partial charge in [-0.25, -0.2) is 4.98 Å². The monoisotopic (exact) mass is 230 g/mol. The van der Waals surface area contributed by atoms with Crippen LogP contribution in [0.15, 0.2) is 12.3 Å². The van der Waals surface area contributed by atoms with Gasteiger partial charge in [0.2, 0.25) is 0 Å². The zero-order valence-corrected chi connectivity index (χ0v) is 9.95. The van der Waals surface area contributed by atoms with Gasteiger partial charge in [0, 0.05) is 6.54 Å². The lowest BCUT2D eigenvalue weighted by Crippen LogP contribution is -2.09. The van der Waals surface area contributed by atoms with Gasteiger partial charge in [0.15, 0.2) is 0 Å². The maximum atomic E-state index is 8.97. The van der Waals surface area contributed by atoms with Crippen LogP contribution in [0.5, 0.6) is 0 Å². The summed E-state index contributed by atoms with van der Waals surface area (Å²) >= 11 is 0. The number of hydrogen-bond donors (Lipinski definition) is 2. The van der Waals surface area contributed by atoms with Crippen molar-refractivity contribution in [3.8, 4) is 6.07 Å². The molecule has 1 saturated carbocycles. The number of rotatable bonds is 4. The number of nitrogens with zero attached hydrogens (tertiary/aromatic N) is 2. The Morgan fingerprint density at radius 3 is 2.94 bits per heavy atom. The summed E-state index contributed by atoms with van der Waals surface area (Å²) < 4.78 is 0. The normalized spacial score (nSPS) is 15.7. The molecule has 0 radical (unpaired) electrons. The highest BCUT2D eigenvalue weighted by molar-refractivity contribution is 5.57. The van der Waals surface area contributed by atoms with E-state index in [9.17, 15) is 0 Å². The maximum absolute atomic E-state index is 8.97. The van der Waals surface area contributed by atoms with Gasteiger partial charge in [0.05, 0.1) is 17.4 Å². The standard InChI is InChI=1S/C13H18N4/c14-8-11-7-12(15)9-17-13(11)16-6-5-10-3-1-2-4-10/h7,9-10H,1-6,15H2,(H,16,17). The second-order valence-electron chi connectivity index (χ2n) is 4.64. The molecule has 1 aliphatic carbocycles. The zero-order valence-electron chi connectivity index (χ0n) is 9.95. The van der Waals surface area contributed by atoms with E-state index in [1.807, 2.05) is 0 Å². The van der Waals surface area contributed by atoms with Crippen molar-refractivity contribution in [2.75, 3.05) is 17.6 Å². The van der Waals surface area contributed by atoms with Gasteiger partial charge in [-0.15, -0.1) is 0 Å². The molecule has 2 rings (SSSR count). The number of anilines is 2. The van der Waals surface area contributed by atoms with E-state index in [-0.39, 0.29) is 0 Å².